The minimum absolute atomic E-state index is 0.0783. The van der Waals surface area contributed by atoms with Crippen molar-refractivity contribution in [3.8, 4) is 0 Å². The Hall–Kier alpha value is -0.650. The Balaban J connectivity index is 2.15. The van der Waals surface area contributed by atoms with Gasteiger partial charge in [0.1, 0.15) is 0 Å². The van der Waals surface area contributed by atoms with Gasteiger partial charge in [-0.15, -0.1) is 0 Å². The van der Waals surface area contributed by atoms with E-state index in [9.17, 15) is 4.79 Å². The van der Waals surface area contributed by atoms with Crippen LogP contribution in [0.4, 0.5) is 0 Å². The van der Waals surface area contributed by atoms with Gasteiger partial charge in [0.25, 0.3) is 0 Å². The van der Waals surface area contributed by atoms with Crippen LogP contribution in [0, 0.1) is 0 Å². The first-order valence-corrected chi connectivity index (χ1v) is 7.35. The minimum Gasteiger partial charge on any atom is -0.385 e. The number of piperidine rings is 1. The molecule has 5 heteroatoms. The molecule has 0 aromatic heterocycles. The summed E-state index contributed by atoms with van der Waals surface area (Å²) in [6.07, 6.45) is 4.68. The van der Waals surface area contributed by atoms with E-state index in [0.717, 1.165) is 13.0 Å². The van der Waals surface area contributed by atoms with E-state index in [1.54, 1.807) is 7.11 Å². The number of hydrogen-bond acceptors (Lipinski definition) is 4. The molecule has 112 valence electrons. The number of ether oxygens (including phenoxy) is 1. The molecule has 1 rings (SSSR count). The second-order valence-corrected chi connectivity index (χ2v) is 5.40. The van der Waals surface area contributed by atoms with Crippen molar-refractivity contribution in [3.63, 3.8) is 0 Å². The Kier molecular flexibility index (Phi) is 8.02. The normalized spacial score (nSPS) is 22.2. The van der Waals surface area contributed by atoms with Gasteiger partial charge < -0.3 is 20.3 Å². The highest BCUT2D eigenvalue weighted by atomic mass is 16.5. The molecule has 1 amide bonds. The Labute approximate surface area is 117 Å². The molecule has 0 bridgehead atoms. The molecule has 0 aromatic rings. The van der Waals surface area contributed by atoms with Gasteiger partial charge >= 0.3 is 0 Å². The average Bonchev–Trinajstić information content (AvgIpc) is 2.42. The monoisotopic (exact) mass is 271 g/mol. The molecule has 2 atom stereocenters. The quantitative estimate of drug-likeness (QED) is 0.635. The van der Waals surface area contributed by atoms with E-state index in [1.165, 1.54) is 25.8 Å². The van der Waals surface area contributed by atoms with Gasteiger partial charge in [-0.05, 0) is 39.8 Å². The molecule has 5 nitrogen and oxygen atoms in total. The van der Waals surface area contributed by atoms with Crippen LogP contribution in [0.15, 0.2) is 0 Å². The number of nitrogens with zero attached hydrogens (tertiary/aromatic N) is 1. The first kappa shape index (κ1) is 16.4. The summed E-state index contributed by atoms with van der Waals surface area (Å²) in [5, 5.41) is 6.26. The van der Waals surface area contributed by atoms with E-state index in [2.05, 4.69) is 22.6 Å². The van der Waals surface area contributed by atoms with Gasteiger partial charge in [0.15, 0.2) is 0 Å². The second-order valence-electron chi connectivity index (χ2n) is 5.40. The average molecular weight is 271 g/mol. The summed E-state index contributed by atoms with van der Waals surface area (Å²) in [5.41, 5.74) is 0. The highest BCUT2D eigenvalue weighted by molar-refractivity contribution is 5.81. The first-order valence-electron chi connectivity index (χ1n) is 7.35. The Morgan fingerprint density at radius 3 is 2.95 bits per heavy atom. The summed E-state index contributed by atoms with van der Waals surface area (Å²) in [6, 6.07) is 0.440. The summed E-state index contributed by atoms with van der Waals surface area (Å²) >= 11 is 0. The lowest BCUT2D eigenvalue weighted by Crippen LogP contribution is -2.49. The summed E-state index contributed by atoms with van der Waals surface area (Å²) in [6.45, 7) is 5.36. The Bertz CT molecular complexity index is 261. The molecule has 2 N–H and O–H groups in total. The van der Waals surface area contributed by atoms with E-state index < -0.39 is 0 Å². The van der Waals surface area contributed by atoms with Crippen LogP contribution in [0.2, 0.25) is 0 Å². The second kappa shape index (κ2) is 9.28. The molecule has 0 radical (unpaired) electrons. The van der Waals surface area contributed by atoms with Crippen LogP contribution in [0.25, 0.3) is 0 Å². The van der Waals surface area contributed by atoms with Crippen molar-refractivity contribution in [1.82, 2.24) is 15.5 Å². The van der Waals surface area contributed by atoms with Crippen molar-refractivity contribution in [1.29, 1.82) is 0 Å². The van der Waals surface area contributed by atoms with Crippen LogP contribution in [0.3, 0.4) is 0 Å². The first-order chi connectivity index (χ1) is 9.15. The zero-order chi connectivity index (χ0) is 14.1. The molecule has 2 unspecified atom stereocenters. The van der Waals surface area contributed by atoms with E-state index in [1.807, 2.05) is 6.92 Å². The topological polar surface area (TPSA) is 53.6 Å². The lowest BCUT2D eigenvalue weighted by Gasteiger charge is -2.33. The zero-order valence-electron chi connectivity index (χ0n) is 12.6. The van der Waals surface area contributed by atoms with Gasteiger partial charge in [0, 0.05) is 32.8 Å². The van der Waals surface area contributed by atoms with Gasteiger partial charge in [-0.3, -0.25) is 4.79 Å². The fourth-order valence-corrected chi connectivity index (χ4v) is 2.39. The largest absolute Gasteiger partial charge is 0.385 e. The third-order valence-corrected chi connectivity index (χ3v) is 3.80. The SMILES string of the molecule is COCCCNC(=O)C(C)NCC1CCCCN1C. The lowest BCUT2D eigenvalue weighted by atomic mass is 10.0. The van der Waals surface area contributed by atoms with Gasteiger partial charge in [-0.1, -0.05) is 6.42 Å². The smallest absolute Gasteiger partial charge is 0.236 e. The summed E-state index contributed by atoms with van der Waals surface area (Å²) in [4.78, 5) is 14.2. The molecule has 0 aliphatic carbocycles. The maximum atomic E-state index is 11.8. The fraction of sp³-hybridized carbons (Fsp3) is 0.929. The molecule has 1 saturated heterocycles. The van der Waals surface area contributed by atoms with Gasteiger partial charge in [-0.25, -0.2) is 0 Å². The minimum atomic E-state index is -0.127. The maximum Gasteiger partial charge on any atom is 0.236 e. The number of hydrogen-bond donors (Lipinski definition) is 2. The predicted octanol–water partition coefficient (Wildman–Crippen LogP) is 0.602. The third kappa shape index (κ3) is 6.36. The summed E-state index contributed by atoms with van der Waals surface area (Å²) < 4.78 is 4.95. The molecule has 1 fully saturated rings. The number of likely N-dealkylation sites (tertiary alicyclic amines) is 1. The molecule has 0 saturated carbocycles. The summed E-state index contributed by atoms with van der Waals surface area (Å²) in [5.74, 6) is 0.0783. The van der Waals surface area contributed by atoms with E-state index in [-0.39, 0.29) is 11.9 Å². The standard InChI is InChI=1S/C14H29N3O2/c1-12(14(18)15-8-6-10-19-3)16-11-13-7-4-5-9-17(13)2/h12-13,16H,4-11H2,1-3H3,(H,15,18). The molecular formula is C14H29N3O2. The van der Waals surface area contributed by atoms with Crippen LogP contribution in [-0.2, 0) is 9.53 Å². The molecule has 19 heavy (non-hydrogen) atoms. The van der Waals surface area contributed by atoms with Crippen molar-refractivity contribution in [2.24, 2.45) is 0 Å². The van der Waals surface area contributed by atoms with Crippen LogP contribution in [-0.4, -0.2) is 63.3 Å². The van der Waals surface area contributed by atoms with Gasteiger partial charge in [-0.2, -0.15) is 0 Å². The van der Waals surface area contributed by atoms with Crippen molar-refractivity contribution in [3.05, 3.63) is 0 Å². The number of rotatable bonds is 8. The number of likely N-dealkylation sites (N-methyl/N-ethyl adjacent to an activating group) is 1. The van der Waals surface area contributed by atoms with Crippen LogP contribution < -0.4 is 10.6 Å². The Morgan fingerprint density at radius 1 is 1.47 bits per heavy atom. The van der Waals surface area contributed by atoms with Crippen LogP contribution >= 0.6 is 0 Å². The molecule has 1 heterocycles. The van der Waals surface area contributed by atoms with Gasteiger partial charge in [0.2, 0.25) is 5.91 Å². The van der Waals surface area contributed by atoms with Crippen molar-refractivity contribution in [2.45, 2.75) is 44.7 Å². The number of nitrogens with one attached hydrogen (secondary N) is 2. The van der Waals surface area contributed by atoms with E-state index >= 15 is 0 Å². The predicted molar refractivity (Wildman–Crippen MR) is 77.2 cm³/mol. The van der Waals surface area contributed by atoms with E-state index in [4.69, 9.17) is 4.74 Å². The molecule has 0 spiro atoms. The molecule has 0 aromatic carbocycles. The van der Waals surface area contributed by atoms with Crippen molar-refractivity contribution >= 4 is 5.91 Å². The fourth-order valence-electron chi connectivity index (χ4n) is 2.39. The zero-order valence-corrected chi connectivity index (χ0v) is 12.6. The number of carbonyl (C=O) groups is 1. The van der Waals surface area contributed by atoms with E-state index in [0.29, 0.717) is 19.2 Å². The molecule has 1 aliphatic heterocycles. The Morgan fingerprint density at radius 2 is 2.26 bits per heavy atom. The summed E-state index contributed by atoms with van der Waals surface area (Å²) in [7, 11) is 3.84. The molecule has 1 aliphatic rings. The highest BCUT2D eigenvalue weighted by Gasteiger charge is 2.20. The van der Waals surface area contributed by atoms with Crippen LogP contribution in [0.5, 0.6) is 0 Å². The maximum absolute atomic E-state index is 11.8. The van der Waals surface area contributed by atoms with Gasteiger partial charge in [0.05, 0.1) is 6.04 Å². The third-order valence-electron chi connectivity index (χ3n) is 3.80. The molecular weight excluding hydrogens is 242 g/mol. The van der Waals surface area contributed by atoms with Crippen LogP contribution in [0.1, 0.15) is 32.6 Å². The number of carbonyl (C=O) groups excluding carboxylic acids is 1. The lowest BCUT2D eigenvalue weighted by molar-refractivity contribution is -0.122. The van der Waals surface area contributed by atoms with Crippen molar-refractivity contribution in [2.75, 3.05) is 40.4 Å². The highest BCUT2D eigenvalue weighted by Crippen LogP contribution is 2.14. The number of amides is 1. The van der Waals surface area contributed by atoms with Crippen molar-refractivity contribution < 1.29 is 9.53 Å². The number of methoxy groups -OCH3 is 1.